The molecule has 8 heteroatoms. The predicted molar refractivity (Wildman–Crippen MR) is 121 cm³/mol. The second-order valence-electron chi connectivity index (χ2n) is 6.77. The average molecular weight is 463 g/mol. The summed E-state index contributed by atoms with van der Waals surface area (Å²) in [6.07, 6.45) is 0. The van der Waals surface area contributed by atoms with Crippen LogP contribution in [0.2, 0.25) is 10.0 Å². The van der Waals surface area contributed by atoms with Gasteiger partial charge in [-0.2, -0.15) is 0 Å². The average Bonchev–Trinajstić information content (AvgIpc) is 2.70. The first kappa shape index (κ1) is 22.2. The Morgan fingerprint density at radius 1 is 0.933 bits per heavy atom. The third-order valence-corrected chi connectivity index (χ3v) is 6.94. The Bertz CT molecular complexity index is 1210. The fourth-order valence-electron chi connectivity index (χ4n) is 2.83. The number of amides is 1. The van der Waals surface area contributed by atoms with Gasteiger partial charge < -0.3 is 5.32 Å². The van der Waals surface area contributed by atoms with Crippen LogP contribution in [0.25, 0.3) is 0 Å². The summed E-state index contributed by atoms with van der Waals surface area (Å²) in [4.78, 5) is 12.4. The molecule has 0 aliphatic carbocycles. The summed E-state index contributed by atoms with van der Waals surface area (Å²) in [5, 5.41) is 3.30. The van der Waals surface area contributed by atoms with Gasteiger partial charge in [0.25, 0.3) is 15.9 Å². The van der Waals surface area contributed by atoms with Crippen molar-refractivity contribution in [1.29, 1.82) is 0 Å². The zero-order chi connectivity index (χ0) is 21.9. The highest BCUT2D eigenvalue weighted by Crippen LogP contribution is 2.27. The largest absolute Gasteiger partial charge is 0.348 e. The molecular formula is C22H20Cl2N2O3S. The van der Waals surface area contributed by atoms with Gasteiger partial charge >= 0.3 is 0 Å². The number of nitrogens with one attached hydrogen (secondary N) is 2. The number of hydrogen-bond acceptors (Lipinski definition) is 3. The summed E-state index contributed by atoms with van der Waals surface area (Å²) in [6, 6.07) is 16.6. The molecule has 3 rings (SSSR count). The predicted octanol–water partition coefficient (Wildman–Crippen LogP) is 5.34. The van der Waals surface area contributed by atoms with Crippen LogP contribution in [-0.4, -0.2) is 14.3 Å². The van der Waals surface area contributed by atoms with Crippen molar-refractivity contribution in [3.63, 3.8) is 0 Å². The number of anilines is 1. The SMILES string of the molecule is Cc1cccc(NS(=O)(=O)c2cc(C(=O)NCc3ccccc3Cl)ccc2Cl)c1C. The molecule has 5 nitrogen and oxygen atoms in total. The summed E-state index contributed by atoms with van der Waals surface area (Å²) >= 11 is 12.3. The van der Waals surface area contributed by atoms with E-state index in [-0.39, 0.29) is 22.0 Å². The van der Waals surface area contributed by atoms with E-state index in [0.717, 1.165) is 16.7 Å². The van der Waals surface area contributed by atoms with Crippen molar-refractivity contribution >= 4 is 44.8 Å². The topological polar surface area (TPSA) is 75.3 Å². The van der Waals surface area contributed by atoms with Crippen molar-refractivity contribution in [1.82, 2.24) is 5.32 Å². The maximum atomic E-state index is 12.9. The lowest BCUT2D eigenvalue weighted by atomic mass is 10.1. The number of hydrogen-bond donors (Lipinski definition) is 2. The van der Waals surface area contributed by atoms with Gasteiger partial charge in [0.15, 0.2) is 0 Å². The minimum absolute atomic E-state index is 0.0236. The first-order chi connectivity index (χ1) is 14.2. The van der Waals surface area contributed by atoms with Gasteiger partial charge in [-0.1, -0.05) is 53.5 Å². The van der Waals surface area contributed by atoms with Gasteiger partial charge in [0.2, 0.25) is 0 Å². The van der Waals surface area contributed by atoms with Crippen molar-refractivity contribution in [2.24, 2.45) is 0 Å². The molecule has 0 saturated heterocycles. The zero-order valence-corrected chi connectivity index (χ0v) is 18.7. The highest BCUT2D eigenvalue weighted by atomic mass is 35.5. The van der Waals surface area contributed by atoms with E-state index in [9.17, 15) is 13.2 Å². The maximum Gasteiger partial charge on any atom is 0.263 e. The van der Waals surface area contributed by atoms with Gasteiger partial charge in [-0.25, -0.2) is 8.42 Å². The quantitative estimate of drug-likeness (QED) is 0.518. The van der Waals surface area contributed by atoms with Crippen molar-refractivity contribution in [3.05, 3.63) is 93.0 Å². The van der Waals surface area contributed by atoms with Crippen molar-refractivity contribution in [2.75, 3.05) is 4.72 Å². The minimum Gasteiger partial charge on any atom is -0.348 e. The summed E-state index contributed by atoms with van der Waals surface area (Å²) in [7, 11) is -4.00. The number of carbonyl (C=O) groups is 1. The standard InChI is InChI=1S/C22H20Cl2N2O3S/c1-14-6-5-9-20(15(14)2)26-30(28,29)21-12-16(10-11-19(21)24)22(27)25-13-17-7-3-4-8-18(17)23/h3-12,26H,13H2,1-2H3,(H,25,27). The van der Waals surface area contributed by atoms with E-state index in [1.54, 1.807) is 30.3 Å². The fraction of sp³-hybridized carbons (Fsp3) is 0.136. The normalized spacial score (nSPS) is 11.2. The van der Waals surface area contributed by atoms with Gasteiger partial charge in [-0.3, -0.25) is 9.52 Å². The molecule has 0 unspecified atom stereocenters. The molecule has 0 fully saturated rings. The number of rotatable bonds is 6. The number of benzene rings is 3. The molecule has 1 amide bonds. The molecule has 0 saturated carbocycles. The molecule has 3 aromatic rings. The number of halogens is 2. The molecule has 156 valence electrons. The molecule has 0 spiro atoms. The van der Waals surface area contributed by atoms with Gasteiger partial charge in [0.05, 0.1) is 10.7 Å². The van der Waals surface area contributed by atoms with Crippen molar-refractivity contribution in [3.8, 4) is 0 Å². The Morgan fingerprint density at radius 3 is 2.40 bits per heavy atom. The molecule has 0 aliphatic rings. The second-order valence-corrected chi connectivity index (χ2v) is 9.24. The summed E-state index contributed by atoms with van der Waals surface area (Å²) < 4.78 is 28.4. The fourth-order valence-corrected chi connectivity index (χ4v) is 4.68. The monoisotopic (exact) mass is 462 g/mol. The van der Waals surface area contributed by atoms with Crippen molar-refractivity contribution < 1.29 is 13.2 Å². The lowest BCUT2D eigenvalue weighted by Gasteiger charge is -2.14. The molecular weight excluding hydrogens is 443 g/mol. The Kier molecular flexibility index (Phi) is 6.71. The molecule has 2 N–H and O–H groups in total. The number of carbonyl (C=O) groups excluding carboxylic acids is 1. The smallest absolute Gasteiger partial charge is 0.263 e. The molecule has 0 bridgehead atoms. The van der Waals surface area contributed by atoms with Gasteiger partial charge in [-0.15, -0.1) is 0 Å². The third kappa shape index (κ3) is 4.95. The minimum atomic E-state index is -4.00. The van der Waals surface area contributed by atoms with E-state index in [1.165, 1.54) is 18.2 Å². The van der Waals surface area contributed by atoms with Crippen LogP contribution in [0.15, 0.2) is 65.6 Å². The molecule has 0 aromatic heterocycles. The third-order valence-electron chi connectivity index (χ3n) is 4.73. The second kappa shape index (κ2) is 9.08. The van der Waals surface area contributed by atoms with Crippen LogP contribution in [0.5, 0.6) is 0 Å². The Balaban J connectivity index is 1.84. The van der Waals surface area contributed by atoms with E-state index in [1.807, 2.05) is 26.0 Å². The van der Waals surface area contributed by atoms with Gasteiger partial charge in [0, 0.05) is 17.1 Å². The molecule has 0 radical (unpaired) electrons. The molecule has 30 heavy (non-hydrogen) atoms. The van der Waals surface area contributed by atoms with Crippen LogP contribution in [0.1, 0.15) is 27.0 Å². The van der Waals surface area contributed by atoms with Crippen LogP contribution < -0.4 is 10.0 Å². The Morgan fingerprint density at radius 2 is 1.67 bits per heavy atom. The van der Waals surface area contributed by atoms with E-state index in [4.69, 9.17) is 23.2 Å². The van der Waals surface area contributed by atoms with E-state index in [2.05, 4.69) is 10.0 Å². The van der Waals surface area contributed by atoms with Crippen LogP contribution in [-0.2, 0) is 16.6 Å². The number of sulfonamides is 1. The first-order valence-corrected chi connectivity index (χ1v) is 11.3. The van der Waals surface area contributed by atoms with Crippen LogP contribution in [0.4, 0.5) is 5.69 Å². The highest BCUT2D eigenvalue weighted by Gasteiger charge is 2.21. The van der Waals surface area contributed by atoms with E-state index < -0.39 is 15.9 Å². The molecule has 0 atom stereocenters. The molecule has 0 aliphatic heterocycles. The lowest BCUT2D eigenvalue weighted by molar-refractivity contribution is 0.0950. The lowest BCUT2D eigenvalue weighted by Crippen LogP contribution is -2.23. The van der Waals surface area contributed by atoms with Gasteiger partial charge in [-0.05, 0) is 60.9 Å². The zero-order valence-electron chi connectivity index (χ0n) is 16.4. The van der Waals surface area contributed by atoms with Crippen LogP contribution >= 0.6 is 23.2 Å². The Labute approximate surface area is 186 Å². The number of aryl methyl sites for hydroxylation is 1. The summed E-state index contributed by atoms with van der Waals surface area (Å²) in [5.74, 6) is -0.435. The first-order valence-electron chi connectivity index (χ1n) is 9.09. The van der Waals surface area contributed by atoms with Gasteiger partial charge in [0.1, 0.15) is 4.90 Å². The van der Waals surface area contributed by atoms with E-state index in [0.29, 0.717) is 10.7 Å². The maximum absolute atomic E-state index is 12.9. The van der Waals surface area contributed by atoms with Crippen molar-refractivity contribution in [2.45, 2.75) is 25.3 Å². The van der Waals surface area contributed by atoms with E-state index >= 15 is 0 Å². The highest BCUT2D eigenvalue weighted by molar-refractivity contribution is 7.92. The Hall–Kier alpha value is -2.54. The molecule has 0 heterocycles. The van der Waals surface area contributed by atoms with Crippen LogP contribution in [0, 0.1) is 13.8 Å². The van der Waals surface area contributed by atoms with Crippen LogP contribution in [0.3, 0.4) is 0 Å². The summed E-state index contributed by atoms with van der Waals surface area (Å²) in [5.41, 5.74) is 3.15. The molecule has 3 aromatic carbocycles. The summed E-state index contributed by atoms with van der Waals surface area (Å²) in [6.45, 7) is 3.93.